The highest BCUT2D eigenvalue weighted by Crippen LogP contribution is 2.35. The van der Waals surface area contributed by atoms with E-state index >= 15 is 0 Å². The molecule has 2 aliphatic rings. The van der Waals surface area contributed by atoms with Crippen molar-refractivity contribution in [3.8, 4) is 0 Å². The first-order valence-corrected chi connectivity index (χ1v) is 11.2. The van der Waals surface area contributed by atoms with E-state index in [0.717, 1.165) is 0 Å². The zero-order valence-corrected chi connectivity index (χ0v) is 17.1. The summed E-state index contributed by atoms with van der Waals surface area (Å²) in [4.78, 5) is 12.2. The summed E-state index contributed by atoms with van der Waals surface area (Å²) in [6.07, 6.45) is -3.33. The summed E-state index contributed by atoms with van der Waals surface area (Å²) in [7, 11) is -3.98. The second kappa shape index (κ2) is 10.4. The molecular weight excluding hydrogens is 417 g/mol. The Morgan fingerprint density at radius 3 is 2.38 bits per heavy atom. The quantitative estimate of drug-likeness (QED) is 0.318. The van der Waals surface area contributed by atoms with Gasteiger partial charge in [-0.2, -0.15) is 13.2 Å². The highest BCUT2D eigenvalue weighted by Gasteiger charge is 2.54. The van der Waals surface area contributed by atoms with E-state index in [1.54, 1.807) is 0 Å². The Bertz CT molecular complexity index is 630. The van der Waals surface area contributed by atoms with Crippen LogP contribution in [0.15, 0.2) is 0 Å². The summed E-state index contributed by atoms with van der Waals surface area (Å²) in [6, 6.07) is 0. The van der Waals surface area contributed by atoms with Crippen LogP contribution in [0.5, 0.6) is 0 Å². The molecule has 2 N–H and O–H groups in total. The molecule has 0 aliphatic carbocycles. The normalized spacial score (nSPS) is 21.8. The molecule has 2 rings (SSSR count). The predicted octanol–water partition coefficient (Wildman–Crippen LogP) is 1.83. The number of carbonyl (C=O) groups excluding carboxylic acids is 1. The summed E-state index contributed by atoms with van der Waals surface area (Å²) in [6.45, 7) is 1.13. The molecule has 0 unspecified atom stereocenters. The van der Waals surface area contributed by atoms with Gasteiger partial charge < -0.3 is 9.47 Å². The molecule has 2 fully saturated rings. The van der Waals surface area contributed by atoms with Crippen LogP contribution in [-0.2, 0) is 24.3 Å². The fourth-order valence-corrected chi connectivity index (χ4v) is 5.97. The number of nitrogens with one attached hydrogen (secondary N) is 1. The van der Waals surface area contributed by atoms with Crippen molar-refractivity contribution in [1.82, 2.24) is 9.79 Å². The number of nitrogens with zero attached hydrogens (tertiary/aromatic N) is 1. The third-order valence-corrected chi connectivity index (χ3v) is 8.27. The van der Waals surface area contributed by atoms with Crippen LogP contribution in [0.3, 0.4) is 0 Å². The molecule has 2 aliphatic heterocycles. The first-order chi connectivity index (χ1) is 13.6. The van der Waals surface area contributed by atoms with E-state index in [1.807, 2.05) is 0 Å². The second-order valence-electron chi connectivity index (χ2n) is 7.51. The average molecular weight is 446 g/mol. The minimum Gasteiger partial charge on any atom is -0.381 e. The standard InChI is InChI=1S/C17H29F3N2O6S/c18-17(19,20)5-1-10-27-11-4-14-2-8-22(9-3-14)29(25,26)16(15(23)21-24)6-12-28-13-7-16/h14,24H,1-13H2,(H,21,23). The number of hydrogen-bond donors (Lipinski definition) is 2. The molecule has 0 aromatic heterocycles. The number of ether oxygens (including phenoxy) is 2. The molecule has 12 heteroatoms. The Morgan fingerprint density at radius 2 is 1.83 bits per heavy atom. The number of alkyl halides is 3. The molecule has 2 heterocycles. The van der Waals surface area contributed by atoms with Gasteiger partial charge in [0.25, 0.3) is 5.91 Å². The maximum atomic E-state index is 13.2. The van der Waals surface area contributed by atoms with E-state index < -0.39 is 33.3 Å². The highest BCUT2D eigenvalue weighted by atomic mass is 32.2. The Hall–Kier alpha value is -0.950. The summed E-state index contributed by atoms with van der Waals surface area (Å²) < 4.78 is 72.6. The number of hydroxylamine groups is 1. The van der Waals surface area contributed by atoms with Crippen LogP contribution in [0.2, 0.25) is 0 Å². The lowest BCUT2D eigenvalue weighted by atomic mass is 9.95. The van der Waals surface area contributed by atoms with Crippen LogP contribution in [0.1, 0.15) is 44.9 Å². The Morgan fingerprint density at radius 1 is 1.21 bits per heavy atom. The van der Waals surface area contributed by atoms with Crippen LogP contribution in [0.25, 0.3) is 0 Å². The maximum Gasteiger partial charge on any atom is 0.389 e. The number of hydrogen-bond acceptors (Lipinski definition) is 6. The Kier molecular flexibility index (Phi) is 8.71. The summed E-state index contributed by atoms with van der Waals surface area (Å²) in [5.74, 6) is -0.725. The number of amides is 1. The maximum absolute atomic E-state index is 13.2. The average Bonchev–Trinajstić information content (AvgIpc) is 2.70. The van der Waals surface area contributed by atoms with Gasteiger partial charge in [0.2, 0.25) is 10.0 Å². The molecule has 0 spiro atoms. The van der Waals surface area contributed by atoms with Crippen LogP contribution in [-0.4, -0.2) is 74.3 Å². The van der Waals surface area contributed by atoms with Gasteiger partial charge in [0, 0.05) is 58.8 Å². The fraction of sp³-hybridized carbons (Fsp3) is 0.941. The van der Waals surface area contributed by atoms with E-state index in [9.17, 15) is 26.4 Å². The molecule has 0 saturated carbocycles. The van der Waals surface area contributed by atoms with Crippen molar-refractivity contribution in [3.63, 3.8) is 0 Å². The van der Waals surface area contributed by atoms with Crippen molar-refractivity contribution in [2.45, 2.75) is 55.9 Å². The van der Waals surface area contributed by atoms with Gasteiger partial charge in [-0.15, -0.1) is 0 Å². The molecule has 8 nitrogen and oxygen atoms in total. The van der Waals surface area contributed by atoms with Crippen LogP contribution < -0.4 is 5.48 Å². The van der Waals surface area contributed by atoms with E-state index in [4.69, 9.17) is 14.7 Å². The molecular formula is C17H29F3N2O6S. The number of carbonyl (C=O) groups is 1. The van der Waals surface area contributed by atoms with Gasteiger partial charge >= 0.3 is 6.18 Å². The number of halogens is 3. The molecule has 1 amide bonds. The number of piperidine rings is 1. The zero-order valence-electron chi connectivity index (χ0n) is 16.2. The Balaban J connectivity index is 1.81. The lowest BCUT2D eigenvalue weighted by Gasteiger charge is -2.40. The van der Waals surface area contributed by atoms with Crippen LogP contribution in [0.4, 0.5) is 13.2 Å². The third-order valence-electron chi connectivity index (χ3n) is 5.64. The minimum absolute atomic E-state index is 0.0204. The van der Waals surface area contributed by atoms with Crippen molar-refractivity contribution < 1.29 is 41.1 Å². The van der Waals surface area contributed by atoms with Gasteiger partial charge in [-0.3, -0.25) is 10.0 Å². The fourth-order valence-electron chi connectivity index (χ4n) is 3.82. The molecule has 2 saturated heterocycles. The van der Waals surface area contributed by atoms with Crippen LogP contribution >= 0.6 is 0 Å². The van der Waals surface area contributed by atoms with E-state index in [1.165, 1.54) is 9.79 Å². The predicted molar refractivity (Wildman–Crippen MR) is 96.7 cm³/mol. The molecule has 29 heavy (non-hydrogen) atoms. The van der Waals surface area contributed by atoms with Gasteiger partial charge in [0.15, 0.2) is 4.75 Å². The molecule has 170 valence electrons. The monoisotopic (exact) mass is 446 g/mol. The molecule has 0 bridgehead atoms. The van der Waals surface area contributed by atoms with E-state index in [0.29, 0.717) is 25.9 Å². The lowest BCUT2D eigenvalue weighted by molar-refractivity contribution is -0.138. The first kappa shape index (κ1) is 24.3. The summed E-state index contributed by atoms with van der Waals surface area (Å²) in [5, 5.41) is 9.06. The largest absolute Gasteiger partial charge is 0.389 e. The Labute approximate surface area is 168 Å². The molecule has 0 atom stereocenters. The van der Waals surface area contributed by atoms with Crippen LogP contribution in [0, 0.1) is 5.92 Å². The third kappa shape index (κ3) is 6.27. The summed E-state index contributed by atoms with van der Waals surface area (Å²) >= 11 is 0. The van der Waals surface area contributed by atoms with Gasteiger partial charge in [-0.25, -0.2) is 18.2 Å². The minimum atomic E-state index is -4.17. The van der Waals surface area contributed by atoms with Crippen molar-refractivity contribution in [2.24, 2.45) is 5.92 Å². The van der Waals surface area contributed by atoms with Gasteiger partial charge in [0.1, 0.15) is 0 Å². The van der Waals surface area contributed by atoms with Crippen molar-refractivity contribution >= 4 is 15.9 Å². The molecule has 0 radical (unpaired) electrons. The summed E-state index contributed by atoms with van der Waals surface area (Å²) in [5.41, 5.74) is 1.50. The van der Waals surface area contributed by atoms with Gasteiger partial charge in [-0.05, 0) is 31.6 Å². The van der Waals surface area contributed by atoms with E-state index in [2.05, 4.69) is 0 Å². The smallest absolute Gasteiger partial charge is 0.381 e. The second-order valence-corrected chi connectivity index (χ2v) is 9.76. The lowest BCUT2D eigenvalue weighted by Crippen LogP contribution is -2.60. The highest BCUT2D eigenvalue weighted by molar-refractivity contribution is 7.91. The number of sulfonamides is 1. The van der Waals surface area contributed by atoms with Gasteiger partial charge in [0.05, 0.1) is 0 Å². The van der Waals surface area contributed by atoms with Crippen molar-refractivity contribution in [2.75, 3.05) is 39.5 Å². The molecule has 0 aromatic carbocycles. The number of rotatable bonds is 9. The molecule has 0 aromatic rings. The van der Waals surface area contributed by atoms with Crippen molar-refractivity contribution in [1.29, 1.82) is 0 Å². The van der Waals surface area contributed by atoms with E-state index in [-0.39, 0.29) is 58.1 Å². The van der Waals surface area contributed by atoms with Crippen molar-refractivity contribution in [3.05, 3.63) is 0 Å². The zero-order chi connectivity index (χ0) is 21.5. The SMILES string of the molecule is O=C(NO)C1(S(=O)(=O)N2CCC(CCOCCCC(F)(F)F)CC2)CCOCC1. The topological polar surface area (TPSA) is 105 Å². The van der Waals surface area contributed by atoms with Gasteiger partial charge in [-0.1, -0.05) is 0 Å². The first-order valence-electron chi connectivity index (χ1n) is 9.79.